The molecule has 0 unspecified atom stereocenters. The van der Waals surface area contributed by atoms with Gasteiger partial charge in [-0.2, -0.15) is 12.7 Å². The Morgan fingerprint density at radius 2 is 1.45 bits per heavy atom. The van der Waals surface area contributed by atoms with Gasteiger partial charge in [0, 0.05) is 37.7 Å². The van der Waals surface area contributed by atoms with Crippen molar-refractivity contribution in [2.24, 2.45) is 0 Å². The summed E-state index contributed by atoms with van der Waals surface area (Å²) in [6.45, 7) is 2.91. The molecule has 2 aromatic rings. The summed E-state index contributed by atoms with van der Waals surface area (Å²) in [6, 6.07) is 17.4. The number of nitrogens with one attached hydrogen (secondary N) is 1. The second-order valence-corrected chi connectivity index (χ2v) is 6.90. The van der Waals surface area contributed by atoms with E-state index in [0.717, 1.165) is 22.2 Å². The van der Waals surface area contributed by atoms with Crippen molar-refractivity contribution in [1.29, 1.82) is 0 Å². The molecule has 22 heavy (non-hydrogen) atoms. The minimum absolute atomic E-state index is 0.543. The van der Waals surface area contributed by atoms with Crippen LogP contribution in [-0.2, 0) is 10.2 Å². The van der Waals surface area contributed by atoms with Crippen molar-refractivity contribution >= 4 is 27.3 Å². The van der Waals surface area contributed by atoms with Crippen LogP contribution in [0.25, 0.3) is 0 Å². The fourth-order valence-electron chi connectivity index (χ4n) is 2.07. The zero-order valence-corrected chi connectivity index (χ0v) is 13.8. The Morgan fingerprint density at radius 1 is 0.909 bits per heavy atom. The molecule has 0 aliphatic carbocycles. The van der Waals surface area contributed by atoms with E-state index in [1.165, 1.54) is 14.1 Å². The highest BCUT2D eigenvalue weighted by Crippen LogP contribution is 2.26. The molecule has 0 bridgehead atoms. The molecule has 2 aromatic carbocycles. The van der Waals surface area contributed by atoms with Crippen molar-refractivity contribution < 1.29 is 8.42 Å². The molecule has 0 amide bonds. The first kappa shape index (κ1) is 16.3. The second kappa shape index (κ2) is 6.81. The van der Waals surface area contributed by atoms with Gasteiger partial charge in [-0.3, -0.25) is 4.72 Å². The van der Waals surface area contributed by atoms with Gasteiger partial charge in [0.25, 0.3) is 0 Å². The standard InChI is InChI=1S/C16H21N3O2S/c1-4-19(15-8-6-5-7-9-15)16-12-10-14(11-13-16)17-22(20,21)18(2)3/h5-13,17H,4H2,1-3H3. The molecule has 0 fully saturated rings. The van der Waals surface area contributed by atoms with E-state index in [2.05, 4.69) is 16.5 Å². The number of rotatable bonds is 6. The smallest absolute Gasteiger partial charge is 0.301 e. The molecular formula is C16H21N3O2S. The highest BCUT2D eigenvalue weighted by atomic mass is 32.2. The van der Waals surface area contributed by atoms with E-state index in [4.69, 9.17) is 0 Å². The van der Waals surface area contributed by atoms with E-state index in [1.54, 1.807) is 12.1 Å². The van der Waals surface area contributed by atoms with Crippen molar-refractivity contribution in [3.8, 4) is 0 Å². The molecule has 1 N–H and O–H groups in total. The Labute approximate surface area is 132 Å². The highest BCUT2D eigenvalue weighted by Gasteiger charge is 2.13. The Bertz CT molecular complexity index is 698. The zero-order valence-electron chi connectivity index (χ0n) is 13.0. The first-order valence-electron chi connectivity index (χ1n) is 7.07. The molecule has 0 aliphatic heterocycles. The summed E-state index contributed by atoms with van der Waals surface area (Å²) in [5.41, 5.74) is 2.66. The highest BCUT2D eigenvalue weighted by molar-refractivity contribution is 7.90. The molecule has 0 radical (unpaired) electrons. The molecule has 2 rings (SSSR count). The van der Waals surface area contributed by atoms with E-state index in [9.17, 15) is 8.42 Å². The SMILES string of the molecule is CCN(c1ccccc1)c1ccc(NS(=O)(=O)N(C)C)cc1. The van der Waals surface area contributed by atoms with Gasteiger partial charge in [0.05, 0.1) is 0 Å². The summed E-state index contributed by atoms with van der Waals surface area (Å²) in [7, 11) is -0.490. The van der Waals surface area contributed by atoms with E-state index < -0.39 is 10.2 Å². The minimum atomic E-state index is -3.47. The lowest BCUT2D eigenvalue weighted by molar-refractivity contribution is 0.527. The van der Waals surface area contributed by atoms with Crippen LogP contribution in [0.1, 0.15) is 6.92 Å². The summed E-state index contributed by atoms with van der Waals surface area (Å²) < 4.78 is 27.3. The van der Waals surface area contributed by atoms with Crippen LogP contribution in [0.4, 0.5) is 17.1 Å². The van der Waals surface area contributed by atoms with E-state index >= 15 is 0 Å². The number of anilines is 3. The third-order valence-electron chi connectivity index (χ3n) is 3.29. The number of nitrogens with zero attached hydrogens (tertiary/aromatic N) is 2. The molecular weight excluding hydrogens is 298 g/mol. The van der Waals surface area contributed by atoms with Gasteiger partial charge < -0.3 is 4.90 Å². The van der Waals surface area contributed by atoms with Crippen LogP contribution in [0, 0.1) is 0 Å². The number of hydrogen-bond acceptors (Lipinski definition) is 3. The molecule has 0 aliphatic rings. The van der Waals surface area contributed by atoms with Gasteiger partial charge in [-0.15, -0.1) is 0 Å². The maximum absolute atomic E-state index is 11.8. The normalized spacial score (nSPS) is 11.5. The lowest BCUT2D eigenvalue weighted by Gasteiger charge is -2.23. The summed E-state index contributed by atoms with van der Waals surface area (Å²) in [6.07, 6.45) is 0. The third-order valence-corrected chi connectivity index (χ3v) is 4.75. The number of para-hydroxylation sites is 1. The quantitative estimate of drug-likeness (QED) is 0.890. The third kappa shape index (κ3) is 3.78. The summed E-state index contributed by atoms with van der Waals surface area (Å²) in [5.74, 6) is 0. The minimum Gasteiger partial charge on any atom is -0.342 e. The first-order valence-corrected chi connectivity index (χ1v) is 8.51. The predicted octanol–water partition coefficient (Wildman–Crippen LogP) is 3.06. The average molecular weight is 319 g/mol. The van der Waals surface area contributed by atoms with Gasteiger partial charge in [-0.1, -0.05) is 18.2 Å². The molecule has 118 valence electrons. The van der Waals surface area contributed by atoms with E-state index in [1.807, 2.05) is 42.5 Å². The predicted molar refractivity (Wildman–Crippen MR) is 91.8 cm³/mol. The Kier molecular flexibility index (Phi) is 5.05. The van der Waals surface area contributed by atoms with Gasteiger partial charge in [0.15, 0.2) is 0 Å². The van der Waals surface area contributed by atoms with Crippen LogP contribution in [0.5, 0.6) is 0 Å². The molecule has 0 spiro atoms. The van der Waals surface area contributed by atoms with Crippen molar-refractivity contribution in [2.75, 3.05) is 30.3 Å². The molecule has 0 saturated heterocycles. The molecule has 5 nitrogen and oxygen atoms in total. The van der Waals surface area contributed by atoms with Crippen LogP contribution in [0.3, 0.4) is 0 Å². The fraction of sp³-hybridized carbons (Fsp3) is 0.250. The number of hydrogen-bond donors (Lipinski definition) is 1. The summed E-state index contributed by atoms with van der Waals surface area (Å²) in [5, 5.41) is 0. The Balaban J connectivity index is 2.21. The largest absolute Gasteiger partial charge is 0.342 e. The maximum atomic E-state index is 11.8. The van der Waals surface area contributed by atoms with Gasteiger partial charge >= 0.3 is 10.2 Å². The average Bonchev–Trinajstić information content (AvgIpc) is 2.50. The van der Waals surface area contributed by atoms with Crippen molar-refractivity contribution in [1.82, 2.24) is 4.31 Å². The number of benzene rings is 2. The summed E-state index contributed by atoms with van der Waals surface area (Å²) >= 11 is 0. The van der Waals surface area contributed by atoms with Crippen LogP contribution < -0.4 is 9.62 Å². The molecule has 0 saturated carbocycles. The van der Waals surface area contributed by atoms with E-state index in [-0.39, 0.29) is 0 Å². The van der Waals surface area contributed by atoms with Crippen molar-refractivity contribution in [3.05, 3.63) is 54.6 Å². The Morgan fingerprint density at radius 3 is 1.95 bits per heavy atom. The lowest BCUT2D eigenvalue weighted by Crippen LogP contribution is -2.28. The van der Waals surface area contributed by atoms with Crippen LogP contribution in [0.15, 0.2) is 54.6 Å². The van der Waals surface area contributed by atoms with Gasteiger partial charge in [0.2, 0.25) is 0 Å². The Hall–Kier alpha value is -2.05. The fourth-order valence-corrected chi connectivity index (χ4v) is 2.69. The van der Waals surface area contributed by atoms with Gasteiger partial charge in [0.1, 0.15) is 0 Å². The monoisotopic (exact) mass is 319 g/mol. The van der Waals surface area contributed by atoms with Crippen molar-refractivity contribution in [2.45, 2.75) is 6.92 Å². The molecule has 0 heterocycles. The lowest BCUT2D eigenvalue weighted by atomic mass is 10.2. The maximum Gasteiger partial charge on any atom is 0.301 e. The summed E-state index contributed by atoms with van der Waals surface area (Å²) in [4.78, 5) is 2.16. The second-order valence-electron chi connectivity index (χ2n) is 5.02. The molecule has 0 atom stereocenters. The van der Waals surface area contributed by atoms with Gasteiger partial charge in [-0.05, 0) is 43.3 Å². The topological polar surface area (TPSA) is 52.7 Å². The molecule has 0 aromatic heterocycles. The zero-order chi connectivity index (χ0) is 16.2. The van der Waals surface area contributed by atoms with E-state index in [0.29, 0.717) is 5.69 Å². The molecule has 6 heteroatoms. The first-order chi connectivity index (χ1) is 10.4. The van der Waals surface area contributed by atoms with Crippen LogP contribution >= 0.6 is 0 Å². The van der Waals surface area contributed by atoms with Gasteiger partial charge in [-0.25, -0.2) is 0 Å². The van der Waals surface area contributed by atoms with Crippen LogP contribution in [0.2, 0.25) is 0 Å². The van der Waals surface area contributed by atoms with Crippen molar-refractivity contribution in [3.63, 3.8) is 0 Å². The van der Waals surface area contributed by atoms with Crippen LogP contribution in [-0.4, -0.2) is 33.4 Å².